The van der Waals surface area contributed by atoms with Crippen molar-refractivity contribution in [2.24, 2.45) is 0 Å². The van der Waals surface area contributed by atoms with Gasteiger partial charge in [0, 0.05) is 30.0 Å². The molecule has 8 heteroatoms. The average molecular weight is 384 g/mol. The van der Waals surface area contributed by atoms with Crippen LogP contribution in [0.25, 0.3) is 10.2 Å². The third-order valence-electron chi connectivity index (χ3n) is 4.18. The Hall–Kier alpha value is -0.930. The number of fused-ring (bicyclic) bond motifs is 3. The van der Waals surface area contributed by atoms with Crippen molar-refractivity contribution < 1.29 is 14.9 Å². The fourth-order valence-electron chi connectivity index (χ4n) is 3.00. The van der Waals surface area contributed by atoms with Crippen molar-refractivity contribution in [3.05, 3.63) is 10.4 Å². The number of hydrogen-bond donors (Lipinski definition) is 2. The van der Waals surface area contributed by atoms with Gasteiger partial charge in [0.1, 0.15) is 0 Å². The molecule has 138 valence electrons. The minimum atomic E-state index is -0.168. The standard InChI is InChI=1S/C17H25N3O3S2/c1-4-24-16-18-13-11-10-23-17(2,3)9-12(11)25-14(13)15(19-16)20(5-7-21)6-8-22/h21-22H,4-10H2,1-3H3. The maximum atomic E-state index is 9.41. The Balaban J connectivity index is 2.15. The second kappa shape index (κ2) is 7.75. The molecule has 3 rings (SSSR count). The number of aliphatic hydroxyl groups excluding tert-OH is 2. The number of anilines is 1. The van der Waals surface area contributed by atoms with E-state index in [1.165, 1.54) is 4.88 Å². The van der Waals surface area contributed by atoms with E-state index in [0.717, 1.165) is 38.9 Å². The van der Waals surface area contributed by atoms with Crippen molar-refractivity contribution in [1.29, 1.82) is 0 Å². The first-order valence-electron chi connectivity index (χ1n) is 8.54. The second-order valence-electron chi connectivity index (χ2n) is 6.60. The van der Waals surface area contributed by atoms with Crippen molar-refractivity contribution in [2.75, 3.05) is 37.0 Å². The Bertz CT molecular complexity index is 742. The van der Waals surface area contributed by atoms with Crippen molar-refractivity contribution in [3.63, 3.8) is 0 Å². The Labute approximate surface area is 156 Å². The molecule has 0 aliphatic carbocycles. The van der Waals surface area contributed by atoms with E-state index < -0.39 is 0 Å². The van der Waals surface area contributed by atoms with Gasteiger partial charge in [-0.3, -0.25) is 0 Å². The zero-order valence-corrected chi connectivity index (χ0v) is 16.5. The highest BCUT2D eigenvalue weighted by atomic mass is 32.2. The van der Waals surface area contributed by atoms with E-state index >= 15 is 0 Å². The van der Waals surface area contributed by atoms with Crippen molar-refractivity contribution in [3.8, 4) is 0 Å². The number of thioether (sulfide) groups is 1. The van der Waals surface area contributed by atoms with Crippen LogP contribution in [0.1, 0.15) is 31.2 Å². The summed E-state index contributed by atoms with van der Waals surface area (Å²) in [6.45, 7) is 7.76. The number of rotatable bonds is 7. The van der Waals surface area contributed by atoms with E-state index in [1.54, 1.807) is 23.1 Å². The number of hydrogen-bond acceptors (Lipinski definition) is 8. The summed E-state index contributed by atoms with van der Waals surface area (Å²) in [6, 6.07) is 0. The minimum absolute atomic E-state index is 0.0168. The first-order chi connectivity index (χ1) is 12.0. The second-order valence-corrected chi connectivity index (χ2v) is 8.94. The first-order valence-corrected chi connectivity index (χ1v) is 10.3. The van der Waals surface area contributed by atoms with Crippen LogP contribution in [0.5, 0.6) is 0 Å². The quantitative estimate of drug-likeness (QED) is 0.561. The van der Waals surface area contributed by atoms with Crippen LogP contribution in [0.2, 0.25) is 0 Å². The third kappa shape index (κ3) is 3.93. The van der Waals surface area contributed by atoms with E-state index in [9.17, 15) is 10.2 Å². The van der Waals surface area contributed by atoms with Gasteiger partial charge in [-0.25, -0.2) is 9.97 Å². The summed E-state index contributed by atoms with van der Waals surface area (Å²) in [7, 11) is 0. The highest BCUT2D eigenvalue weighted by Crippen LogP contribution is 2.42. The number of aromatic nitrogens is 2. The predicted octanol–water partition coefficient (Wildman–Crippen LogP) is 2.45. The van der Waals surface area contributed by atoms with Gasteiger partial charge in [0.25, 0.3) is 0 Å². The molecule has 0 radical (unpaired) electrons. The molecule has 1 aliphatic rings. The summed E-state index contributed by atoms with van der Waals surface area (Å²) in [5.41, 5.74) is 1.95. The van der Waals surface area contributed by atoms with Gasteiger partial charge in [0.05, 0.1) is 35.6 Å². The molecule has 2 aromatic rings. The molecular weight excluding hydrogens is 358 g/mol. The van der Waals surface area contributed by atoms with Crippen LogP contribution in [-0.4, -0.2) is 57.8 Å². The zero-order chi connectivity index (χ0) is 18.0. The van der Waals surface area contributed by atoms with E-state index in [4.69, 9.17) is 14.7 Å². The SMILES string of the molecule is CCSc1nc(N(CCO)CCO)c2sc3c(c2n1)COC(C)(C)C3. The summed E-state index contributed by atoms with van der Waals surface area (Å²) in [4.78, 5) is 12.8. The topological polar surface area (TPSA) is 78.7 Å². The minimum Gasteiger partial charge on any atom is -0.395 e. The van der Waals surface area contributed by atoms with Crippen molar-refractivity contribution in [1.82, 2.24) is 9.97 Å². The Morgan fingerprint density at radius 3 is 2.60 bits per heavy atom. The molecule has 0 spiro atoms. The van der Waals surface area contributed by atoms with Crippen molar-refractivity contribution >= 4 is 39.1 Å². The fourth-order valence-corrected chi connectivity index (χ4v) is 5.05. The van der Waals surface area contributed by atoms with Crippen LogP contribution < -0.4 is 4.90 Å². The van der Waals surface area contributed by atoms with Gasteiger partial charge < -0.3 is 19.8 Å². The molecule has 0 aromatic carbocycles. The molecule has 0 atom stereocenters. The molecule has 0 fully saturated rings. The molecule has 25 heavy (non-hydrogen) atoms. The zero-order valence-electron chi connectivity index (χ0n) is 14.9. The van der Waals surface area contributed by atoms with Gasteiger partial charge in [-0.05, 0) is 19.6 Å². The lowest BCUT2D eigenvalue weighted by Gasteiger charge is -2.29. The van der Waals surface area contributed by atoms with Gasteiger partial charge in [-0.15, -0.1) is 11.3 Å². The summed E-state index contributed by atoms with van der Waals surface area (Å²) >= 11 is 3.32. The van der Waals surface area contributed by atoms with Crippen LogP contribution >= 0.6 is 23.1 Å². The van der Waals surface area contributed by atoms with Crippen LogP contribution in [0.4, 0.5) is 5.82 Å². The lowest BCUT2D eigenvalue weighted by molar-refractivity contribution is -0.0383. The van der Waals surface area contributed by atoms with E-state index in [1.807, 2.05) is 4.90 Å². The van der Waals surface area contributed by atoms with Gasteiger partial charge in [0.15, 0.2) is 11.0 Å². The summed E-state index contributed by atoms with van der Waals surface area (Å²) in [6.07, 6.45) is 0.860. The summed E-state index contributed by atoms with van der Waals surface area (Å²) < 4.78 is 7.02. The molecule has 0 amide bonds. The van der Waals surface area contributed by atoms with Crippen LogP contribution in [0.3, 0.4) is 0 Å². The van der Waals surface area contributed by atoms with Gasteiger partial charge in [0.2, 0.25) is 0 Å². The number of ether oxygens (including phenoxy) is 1. The molecule has 2 aromatic heterocycles. The molecule has 1 aliphatic heterocycles. The number of aliphatic hydroxyl groups is 2. The smallest absolute Gasteiger partial charge is 0.190 e. The maximum absolute atomic E-state index is 9.41. The highest BCUT2D eigenvalue weighted by molar-refractivity contribution is 7.99. The van der Waals surface area contributed by atoms with E-state index in [-0.39, 0.29) is 18.8 Å². The molecule has 3 heterocycles. The molecule has 2 N–H and O–H groups in total. The van der Waals surface area contributed by atoms with Crippen LogP contribution in [0, 0.1) is 0 Å². The van der Waals surface area contributed by atoms with Gasteiger partial charge in [-0.2, -0.15) is 0 Å². The summed E-state index contributed by atoms with van der Waals surface area (Å²) in [5, 5.41) is 19.6. The molecule has 0 bridgehead atoms. The normalized spacial score (nSPS) is 16.2. The largest absolute Gasteiger partial charge is 0.395 e. The predicted molar refractivity (Wildman–Crippen MR) is 103 cm³/mol. The fraction of sp³-hybridized carbons (Fsp3) is 0.647. The van der Waals surface area contributed by atoms with Crippen LogP contribution in [0.15, 0.2) is 5.16 Å². The molecule has 0 unspecified atom stereocenters. The molecule has 0 saturated carbocycles. The lowest BCUT2D eigenvalue weighted by atomic mass is 9.98. The Kier molecular flexibility index (Phi) is 5.85. The Morgan fingerprint density at radius 2 is 1.96 bits per heavy atom. The molecule has 0 saturated heterocycles. The first kappa shape index (κ1) is 18.8. The van der Waals surface area contributed by atoms with Gasteiger partial charge >= 0.3 is 0 Å². The number of thiophene rings is 1. The van der Waals surface area contributed by atoms with E-state index in [0.29, 0.717) is 19.7 Å². The summed E-state index contributed by atoms with van der Waals surface area (Å²) in [5.74, 6) is 1.70. The number of nitrogens with zero attached hydrogens (tertiary/aromatic N) is 3. The highest BCUT2D eigenvalue weighted by Gasteiger charge is 2.31. The monoisotopic (exact) mass is 383 g/mol. The maximum Gasteiger partial charge on any atom is 0.190 e. The average Bonchev–Trinajstić information content (AvgIpc) is 2.90. The third-order valence-corrected chi connectivity index (χ3v) is 6.13. The molecular formula is C17H25N3O3S2. The van der Waals surface area contributed by atoms with E-state index in [2.05, 4.69) is 20.8 Å². The van der Waals surface area contributed by atoms with Crippen LogP contribution in [-0.2, 0) is 17.8 Å². The molecule has 6 nitrogen and oxygen atoms in total. The van der Waals surface area contributed by atoms with Gasteiger partial charge in [-0.1, -0.05) is 18.7 Å². The lowest BCUT2D eigenvalue weighted by Crippen LogP contribution is -2.31. The van der Waals surface area contributed by atoms with Crippen molar-refractivity contribution in [2.45, 2.75) is 44.6 Å². The Morgan fingerprint density at radius 1 is 1.24 bits per heavy atom.